The molecular weight excluding hydrogens is 244 g/mol. The van der Waals surface area contributed by atoms with E-state index in [4.69, 9.17) is 11.6 Å². The molecule has 0 spiro atoms. The zero-order valence-corrected chi connectivity index (χ0v) is 12.1. The first-order valence-electron chi connectivity index (χ1n) is 7.02. The Hall–Kier alpha value is -0.730. The maximum atomic E-state index is 6.44. The van der Waals surface area contributed by atoms with Gasteiger partial charge in [-0.2, -0.15) is 0 Å². The molecule has 1 heterocycles. The lowest BCUT2D eigenvalue weighted by atomic mass is 10.1. The van der Waals surface area contributed by atoms with Crippen LogP contribution in [-0.4, -0.2) is 19.1 Å². The van der Waals surface area contributed by atoms with Gasteiger partial charge in [0.05, 0.1) is 10.7 Å². The van der Waals surface area contributed by atoms with E-state index in [9.17, 15) is 0 Å². The second-order valence-corrected chi connectivity index (χ2v) is 5.33. The predicted octanol–water partition coefficient (Wildman–Crippen LogP) is 3.83. The molecular formula is C15H23ClN2. The fourth-order valence-electron chi connectivity index (χ4n) is 2.84. The molecule has 0 amide bonds. The zero-order valence-electron chi connectivity index (χ0n) is 11.4. The summed E-state index contributed by atoms with van der Waals surface area (Å²) in [6.45, 7) is 7.43. The quantitative estimate of drug-likeness (QED) is 0.871. The van der Waals surface area contributed by atoms with Gasteiger partial charge in [0.25, 0.3) is 0 Å². The molecule has 2 rings (SSSR count). The number of halogens is 1. The van der Waals surface area contributed by atoms with Gasteiger partial charge in [0.2, 0.25) is 0 Å². The fraction of sp³-hybridized carbons (Fsp3) is 0.600. The van der Waals surface area contributed by atoms with Gasteiger partial charge in [-0.1, -0.05) is 37.6 Å². The molecule has 0 radical (unpaired) electrons. The molecule has 0 aromatic heterocycles. The van der Waals surface area contributed by atoms with E-state index in [1.165, 1.54) is 30.5 Å². The number of anilines is 1. The van der Waals surface area contributed by atoms with Gasteiger partial charge in [0.1, 0.15) is 0 Å². The Balaban J connectivity index is 2.29. The molecule has 1 fully saturated rings. The van der Waals surface area contributed by atoms with Crippen molar-refractivity contribution in [3.63, 3.8) is 0 Å². The highest BCUT2D eigenvalue weighted by Crippen LogP contribution is 2.35. The van der Waals surface area contributed by atoms with Crippen LogP contribution in [0.15, 0.2) is 18.2 Å². The van der Waals surface area contributed by atoms with Gasteiger partial charge < -0.3 is 10.2 Å². The monoisotopic (exact) mass is 266 g/mol. The number of hydrogen-bond acceptors (Lipinski definition) is 2. The molecule has 1 N–H and O–H groups in total. The molecule has 1 aliphatic heterocycles. The van der Waals surface area contributed by atoms with Gasteiger partial charge >= 0.3 is 0 Å². The van der Waals surface area contributed by atoms with Crippen molar-refractivity contribution in [2.24, 2.45) is 0 Å². The minimum atomic E-state index is 0.658. The van der Waals surface area contributed by atoms with Crippen molar-refractivity contribution >= 4 is 17.3 Å². The van der Waals surface area contributed by atoms with Crippen molar-refractivity contribution in [3.05, 3.63) is 28.8 Å². The average Bonchev–Trinajstić information content (AvgIpc) is 2.84. The smallest absolute Gasteiger partial charge is 0.0643 e. The number of hydrogen-bond donors (Lipinski definition) is 1. The van der Waals surface area contributed by atoms with Crippen LogP contribution in [0.3, 0.4) is 0 Å². The van der Waals surface area contributed by atoms with Crippen molar-refractivity contribution in [1.82, 2.24) is 5.32 Å². The average molecular weight is 267 g/mol. The summed E-state index contributed by atoms with van der Waals surface area (Å²) in [5.41, 5.74) is 2.58. The maximum absolute atomic E-state index is 6.44. The zero-order chi connectivity index (χ0) is 13.0. The van der Waals surface area contributed by atoms with E-state index >= 15 is 0 Å². The highest BCUT2D eigenvalue weighted by Gasteiger charge is 2.26. The van der Waals surface area contributed by atoms with E-state index in [1.54, 1.807) is 0 Å². The standard InChI is InChI=1S/C15H23ClN2/c1-3-13-8-6-10-18(13)15-12(11-17-4-2)7-5-9-14(15)16/h5,7,9,13,17H,3-4,6,8,10-11H2,1-2H3. The van der Waals surface area contributed by atoms with Crippen LogP contribution in [-0.2, 0) is 6.54 Å². The van der Waals surface area contributed by atoms with Crippen LogP contribution in [0, 0.1) is 0 Å². The molecule has 1 atom stereocenters. The first-order chi connectivity index (χ1) is 8.77. The van der Waals surface area contributed by atoms with E-state index in [0.29, 0.717) is 6.04 Å². The highest BCUT2D eigenvalue weighted by atomic mass is 35.5. The van der Waals surface area contributed by atoms with Gasteiger partial charge in [0.15, 0.2) is 0 Å². The Morgan fingerprint density at radius 2 is 2.22 bits per heavy atom. The predicted molar refractivity (Wildman–Crippen MR) is 79.5 cm³/mol. The Bertz CT molecular complexity index is 392. The van der Waals surface area contributed by atoms with Crippen LogP contribution >= 0.6 is 11.6 Å². The molecule has 1 aliphatic rings. The van der Waals surface area contributed by atoms with E-state index < -0.39 is 0 Å². The summed E-state index contributed by atoms with van der Waals surface area (Å²) in [5, 5.41) is 4.30. The van der Waals surface area contributed by atoms with Crippen LogP contribution in [0.1, 0.15) is 38.7 Å². The van der Waals surface area contributed by atoms with Crippen molar-refractivity contribution in [2.75, 3.05) is 18.0 Å². The van der Waals surface area contributed by atoms with E-state index in [1.807, 2.05) is 6.07 Å². The van der Waals surface area contributed by atoms with E-state index in [2.05, 4.69) is 36.2 Å². The van der Waals surface area contributed by atoms with Crippen LogP contribution in [0.25, 0.3) is 0 Å². The minimum Gasteiger partial charge on any atom is -0.367 e. The Labute approximate surface area is 115 Å². The highest BCUT2D eigenvalue weighted by molar-refractivity contribution is 6.33. The third kappa shape index (κ3) is 2.81. The normalized spacial score (nSPS) is 19.5. The van der Waals surface area contributed by atoms with E-state index in [-0.39, 0.29) is 0 Å². The molecule has 1 aromatic carbocycles. The molecule has 0 bridgehead atoms. The fourth-order valence-corrected chi connectivity index (χ4v) is 3.14. The molecule has 0 saturated carbocycles. The van der Waals surface area contributed by atoms with E-state index in [0.717, 1.165) is 24.7 Å². The molecule has 1 aromatic rings. The summed E-state index contributed by atoms with van der Waals surface area (Å²) < 4.78 is 0. The Kier molecular flexibility index (Phi) is 4.90. The molecule has 1 unspecified atom stereocenters. The summed E-state index contributed by atoms with van der Waals surface area (Å²) in [4.78, 5) is 2.51. The third-order valence-electron chi connectivity index (χ3n) is 3.77. The second-order valence-electron chi connectivity index (χ2n) is 4.93. The van der Waals surface area contributed by atoms with Crippen molar-refractivity contribution in [1.29, 1.82) is 0 Å². The summed E-state index contributed by atoms with van der Waals surface area (Å²) in [7, 11) is 0. The lowest BCUT2D eigenvalue weighted by molar-refractivity contribution is 0.640. The first-order valence-corrected chi connectivity index (χ1v) is 7.40. The number of rotatable bonds is 5. The van der Waals surface area contributed by atoms with Crippen LogP contribution in [0.5, 0.6) is 0 Å². The van der Waals surface area contributed by atoms with Crippen molar-refractivity contribution < 1.29 is 0 Å². The molecule has 100 valence electrons. The van der Waals surface area contributed by atoms with Gasteiger partial charge in [-0.05, 0) is 37.4 Å². The van der Waals surface area contributed by atoms with Gasteiger partial charge in [-0.15, -0.1) is 0 Å². The van der Waals surface area contributed by atoms with Crippen molar-refractivity contribution in [3.8, 4) is 0 Å². The largest absolute Gasteiger partial charge is 0.367 e. The van der Waals surface area contributed by atoms with Gasteiger partial charge in [-0.25, -0.2) is 0 Å². The number of para-hydroxylation sites is 1. The summed E-state index contributed by atoms with van der Waals surface area (Å²) >= 11 is 6.44. The maximum Gasteiger partial charge on any atom is 0.0643 e. The molecule has 2 nitrogen and oxygen atoms in total. The minimum absolute atomic E-state index is 0.658. The SMILES string of the molecule is CCNCc1cccc(Cl)c1N1CCCC1CC. The van der Waals surface area contributed by atoms with Gasteiger partial charge in [0, 0.05) is 19.1 Å². The molecule has 0 aliphatic carbocycles. The van der Waals surface area contributed by atoms with Gasteiger partial charge in [-0.3, -0.25) is 0 Å². The lowest BCUT2D eigenvalue weighted by Crippen LogP contribution is -2.30. The number of benzene rings is 1. The topological polar surface area (TPSA) is 15.3 Å². The first kappa shape index (κ1) is 13.7. The summed E-state index contributed by atoms with van der Waals surface area (Å²) in [6.07, 6.45) is 3.78. The van der Waals surface area contributed by atoms with Crippen LogP contribution in [0.4, 0.5) is 5.69 Å². The molecule has 3 heteroatoms. The van der Waals surface area contributed by atoms with Crippen molar-refractivity contribution in [2.45, 2.75) is 45.7 Å². The lowest BCUT2D eigenvalue weighted by Gasteiger charge is -2.29. The Morgan fingerprint density at radius 1 is 1.39 bits per heavy atom. The third-order valence-corrected chi connectivity index (χ3v) is 4.08. The summed E-state index contributed by atoms with van der Waals surface area (Å²) in [6, 6.07) is 6.91. The van der Waals surface area contributed by atoms with Crippen LogP contribution < -0.4 is 10.2 Å². The van der Waals surface area contributed by atoms with Crippen LogP contribution in [0.2, 0.25) is 5.02 Å². The number of nitrogens with one attached hydrogen (secondary N) is 1. The Morgan fingerprint density at radius 3 is 2.94 bits per heavy atom. The molecule has 1 saturated heterocycles. The number of nitrogens with zero attached hydrogens (tertiary/aromatic N) is 1. The second kappa shape index (κ2) is 6.44. The summed E-state index contributed by atoms with van der Waals surface area (Å²) in [5.74, 6) is 0. The molecule has 18 heavy (non-hydrogen) atoms.